The van der Waals surface area contributed by atoms with Gasteiger partial charge in [0.15, 0.2) is 0 Å². The lowest BCUT2D eigenvalue weighted by Gasteiger charge is -2.54. The van der Waals surface area contributed by atoms with Crippen LogP contribution in [-0.4, -0.2) is 0 Å². The lowest BCUT2D eigenvalue weighted by Crippen LogP contribution is -2.41. The Hall–Kier alpha value is -5.28. The van der Waals surface area contributed by atoms with Gasteiger partial charge in [-0.05, 0) is 119 Å². The predicted molar refractivity (Wildman–Crippen MR) is 238 cm³/mol. The van der Waals surface area contributed by atoms with Crippen LogP contribution in [0, 0.1) is 27.7 Å². The van der Waals surface area contributed by atoms with Crippen molar-refractivity contribution in [3.63, 3.8) is 0 Å². The highest BCUT2D eigenvalue weighted by Gasteiger charge is 2.51. The second kappa shape index (κ2) is 11.0. The van der Waals surface area contributed by atoms with Gasteiger partial charge < -0.3 is 14.7 Å². The molecule has 6 aromatic rings. The smallest absolute Gasteiger partial charge is 0.0744 e. The Labute approximate surface area is 334 Å². The van der Waals surface area contributed by atoms with Crippen molar-refractivity contribution in [2.24, 2.45) is 0 Å². The summed E-state index contributed by atoms with van der Waals surface area (Å²) in [5.41, 5.74) is 26.2. The molecule has 0 saturated carbocycles. The van der Waals surface area contributed by atoms with Gasteiger partial charge >= 0.3 is 0 Å². The second-order valence-electron chi connectivity index (χ2n) is 19.6. The molecule has 0 N–H and O–H groups in total. The fourth-order valence-corrected chi connectivity index (χ4v) is 11.0. The van der Waals surface area contributed by atoms with Gasteiger partial charge in [0, 0.05) is 16.2 Å². The standard InChI is InChI=1S/C53H55N3/c1-30-32(3)46(33(4)31(2)45(30)54-41-24-16-14-20-35(41)51(8,9)36-21-15-17-25-42(36)54)55-43-26-18-22-37-48(43)56-47-39(52(37,10)11)28-34(50(5,6)7)29-40(47)53(12,13)38-23-19-27-44(55)49(38)56/h14-29H,1-13H3. The van der Waals surface area contributed by atoms with E-state index in [1.807, 2.05) is 0 Å². The third-order valence-corrected chi connectivity index (χ3v) is 14.5. The molecule has 0 atom stereocenters. The maximum absolute atomic E-state index is 2.67. The molecule has 0 spiro atoms. The SMILES string of the molecule is Cc1c(C)c(N2c3cccc4c3N3c5c2cccc5C(C)(C)c2cc(C(C)(C)C)cc(c23)C4(C)C)c(C)c(C)c1N1c2ccccc2C(C)(C)c2ccccc21. The molecule has 3 nitrogen and oxygen atoms in total. The first-order chi connectivity index (χ1) is 26.4. The highest BCUT2D eigenvalue weighted by atomic mass is 15.3. The zero-order valence-electron chi connectivity index (χ0n) is 35.6. The fraction of sp³-hybridized carbons (Fsp3) is 0.321. The van der Waals surface area contributed by atoms with E-state index in [0.717, 1.165) is 0 Å². The molecule has 3 heteroatoms. The van der Waals surface area contributed by atoms with Crippen LogP contribution in [0.15, 0.2) is 97.1 Å². The molecule has 4 aliphatic heterocycles. The highest BCUT2D eigenvalue weighted by Crippen LogP contribution is 2.68. The minimum atomic E-state index is -0.193. The van der Waals surface area contributed by atoms with E-state index >= 15 is 0 Å². The van der Waals surface area contributed by atoms with Crippen molar-refractivity contribution in [2.75, 3.05) is 14.7 Å². The molecule has 10 rings (SSSR count). The van der Waals surface area contributed by atoms with Crippen molar-refractivity contribution in [1.82, 2.24) is 0 Å². The zero-order chi connectivity index (χ0) is 39.6. The molecular weight excluding hydrogens is 679 g/mol. The number of nitrogens with zero attached hydrogens (tertiary/aromatic N) is 3. The number of fused-ring (bicyclic) bond motifs is 2. The summed E-state index contributed by atoms with van der Waals surface area (Å²) in [5.74, 6) is 0. The maximum Gasteiger partial charge on any atom is 0.0744 e. The summed E-state index contributed by atoms with van der Waals surface area (Å²) in [6, 6.07) is 37.2. The lowest BCUT2D eigenvalue weighted by molar-refractivity contribution is 0.563. The van der Waals surface area contributed by atoms with Gasteiger partial charge in [-0.25, -0.2) is 0 Å². The fourth-order valence-electron chi connectivity index (χ4n) is 11.0. The lowest BCUT2D eigenvalue weighted by atomic mass is 9.64. The van der Waals surface area contributed by atoms with E-state index in [4.69, 9.17) is 0 Å². The summed E-state index contributed by atoms with van der Waals surface area (Å²) in [5, 5.41) is 0. The Morgan fingerprint density at radius 2 is 0.696 bits per heavy atom. The largest absolute Gasteiger partial charge is 0.309 e. The molecule has 4 heterocycles. The normalized spacial score (nSPS) is 17.3. The number of para-hydroxylation sites is 4. The quantitative estimate of drug-likeness (QED) is 0.175. The molecular formula is C53H55N3. The van der Waals surface area contributed by atoms with Crippen molar-refractivity contribution in [3.05, 3.63) is 158 Å². The summed E-state index contributed by atoms with van der Waals surface area (Å²) in [6.45, 7) is 31.0. The second-order valence-corrected chi connectivity index (χ2v) is 19.6. The Kier molecular flexibility index (Phi) is 6.89. The Morgan fingerprint density at radius 1 is 0.357 bits per heavy atom. The van der Waals surface area contributed by atoms with Crippen LogP contribution in [-0.2, 0) is 21.7 Å². The van der Waals surface area contributed by atoms with Crippen molar-refractivity contribution in [2.45, 2.75) is 112 Å². The molecule has 0 amide bonds. The van der Waals surface area contributed by atoms with Crippen LogP contribution in [0.2, 0.25) is 0 Å². The van der Waals surface area contributed by atoms with Crippen LogP contribution in [0.5, 0.6) is 0 Å². The first-order valence-corrected chi connectivity index (χ1v) is 20.6. The van der Waals surface area contributed by atoms with Crippen molar-refractivity contribution < 1.29 is 0 Å². The van der Waals surface area contributed by atoms with E-state index in [2.05, 4.69) is 202 Å². The van der Waals surface area contributed by atoms with Crippen molar-refractivity contribution >= 4 is 51.2 Å². The summed E-state index contributed by atoms with van der Waals surface area (Å²) >= 11 is 0. The molecule has 0 fully saturated rings. The molecule has 56 heavy (non-hydrogen) atoms. The van der Waals surface area contributed by atoms with Gasteiger partial charge in [-0.3, -0.25) is 0 Å². The molecule has 0 aromatic heterocycles. The molecule has 6 aromatic carbocycles. The number of rotatable bonds is 2. The number of hydrogen-bond donors (Lipinski definition) is 0. The van der Waals surface area contributed by atoms with Gasteiger partial charge in [0.2, 0.25) is 0 Å². The van der Waals surface area contributed by atoms with E-state index in [1.54, 1.807) is 0 Å². The number of anilines is 9. The van der Waals surface area contributed by atoms with Crippen LogP contribution in [0.4, 0.5) is 51.2 Å². The first kappa shape index (κ1) is 35.2. The molecule has 0 bridgehead atoms. The van der Waals surface area contributed by atoms with Crippen molar-refractivity contribution in [1.29, 1.82) is 0 Å². The van der Waals surface area contributed by atoms with E-state index < -0.39 is 0 Å². The van der Waals surface area contributed by atoms with Crippen LogP contribution < -0.4 is 14.7 Å². The minimum Gasteiger partial charge on any atom is -0.309 e. The molecule has 0 saturated heterocycles. The summed E-state index contributed by atoms with van der Waals surface area (Å²) in [4.78, 5) is 7.86. The topological polar surface area (TPSA) is 9.72 Å². The average molecular weight is 734 g/mol. The minimum absolute atomic E-state index is 0.0339. The average Bonchev–Trinajstić information content (AvgIpc) is 3.16. The van der Waals surface area contributed by atoms with Crippen molar-refractivity contribution in [3.8, 4) is 0 Å². The number of benzene rings is 6. The first-order valence-electron chi connectivity index (χ1n) is 20.6. The molecule has 0 unspecified atom stereocenters. The summed E-state index contributed by atoms with van der Waals surface area (Å²) in [6.07, 6.45) is 0. The van der Waals surface area contributed by atoms with Crippen LogP contribution >= 0.6 is 0 Å². The van der Waals surface area contributed by atoms with E-state index in [-0.39, 0.29) is 21.7 Å². The number of hydrogen-bond acceptors (Lipinski definition) is 3. The Bertz CT molecular complexity index is 2550. The summed E-state index contributed by atoms with van der Waals surface area (Å²) in [7, 11) is 0. The van der Waals surface area contributed by atoms with E-state index in [1.165, 1.54) is 112 Å². The summed E-state index contributed by atoms with van der Waals surface area (Å²) < 4.78 is 0. The maximum atomic E-state index is 2.67. The molecule has 4 aliphatic rings. The van der Waals surface area contributed by atoms with Gasteiger partial charge in [-0.15, -0.1) is 0 Å². The van der Waals surface area contributed by atoms with Gasteiger partial charge in [-0.1, -0.05) is 135 Å². The third kappa shape index (κ3) is 4.19. The highest BCUT2D eigenvalue weighted by molar-refractivity contribution is 6.09. The Balaban J connectivity index is 1.26. The third-order valence-electron chi connectivity index (χ3n) is 14.5. The van der Waals surface area contributed by atoms with Gasteiger partial charge in [-0.2, -0.15) is 0 Å². The zero-order valence-corrected chi connectivity index (χ0v) is 35.6. The monoisotopic (exact) mass is 733 g/mol. The molecule has 282 valence electrons. The van der Waals surface area contributed by atoms with Crippen LogP contribution in [0.1, 0.15) is 124 Å². The van der Waals surface area contributed by atoms with Gasteiger partial charge in [0.25, 0.3) is 0 Å². The van der Waals surface area contributed by atoms with Gasteiger partial charge in [0.05, 0.1) is 51.2 Å². The van der Waals surface area contributed by atoms with Crippen LogP contribution in [0.3, 0.4) is 0 Å². The predicted octanol–water partition coefficient (Wildman–Crippen LogP) is 14.9. The van der Waals surface area contributed by atoms with Gasteiger partial charge in [0.1, 0.15) is 0 Å². The Morgan fingerprint density at radius 3 is 1.11 bits per heavy atom. The van der Waals surface area contributed by atoms with E-state index in [0.29, 0.717) is 0 Å². The molecule has 0 aliphatic carbocycles. The van der Waals surface area contributed by atoms with E-state index in [9.17, 15) is 0 Å². The van der Waals surface area contributed by atoms with Crippen LogP contribution in [0.25, 0.3) is 0 Å². The molecule has 0 radical (unpaired) electrons.